The number of rotatable bonds is 2. The van der Waals surface area contributed by atoms with Crippen molar-refractivity contribution in [3.63, 3.8) is 0 Å². The summed E-state index contributed by atoms with van der Waals surface area (Å²) in [6, 6.07) is 8.49. The summed E-state index contributed by atoms with van der Waals surface area (Å²) in [5, 5.41) is 0. The zero-order chi connectivity index (χ0) is 17.6. The molecule has 25 heavy (non-hydrogen) atoms. The van der Waals surface area contributed by atoms with E-state index >= 15 is 0 Å². The fourth-order valence-electron chi connectivity index (χ4n) is 3.29. The fraction of sp³-hybridized carbons (Fsp3) is 0.250. The van der Waals surface area contributed by atoms with Crippen molar-refractivity contribution in [2.45, 2.75) is 26.2 Å². The SMILES string of the molecule is Cc1ncc(N2CC(C)(C)c3cnc(-c4ccc(F)cc4)cc32)cn1. The van der Waals surface area contributed by atoms with E-state index in [0.29, 0.717) is 0 Å². The number of hydrogen-bond donors (Lipinski definition) is 0. The molecule has 0 unspecified atom stereocenters. The van der Waals surface area contributed by atoms with Crippen molar-refractivity contribution in [3.8, 4) is 11.3 Å². The van der Waals surface area contributed by atoms with Gasteiger partial charge in [0.2, 0.25) is 0 Å². The van der Waals surface area contributed by atoms with Gasteiger partial charge >= 0.3 is 0 Å². The van der Waals surface area contributed by atoms with E-state index < -0.39 is 0 Å². The van der Waals surface area contributed by atoms with E-state index in [9.17, 15) is 4.39 Å². The van der Waals surface area contributed by atoms with Crippen molar-refractivity contribution in [1.29, 1.82) is 0 Å². The molecule has 0 bridgehead atoms. The van der Waals surface area contributed by atoms with Crippen LogP contribution >= 0.6 is 0 Å². The topological polar surface area (TPSA) is 41.9 Å². The lowest BCUT2D eigenvalue weighted by Crippen LogP contribution is -2.25. The van der Waals surface area contributed by atoms with Crippen molar-refractivity contribution in [3.05, 3.63) is 66.1 Å². The van der Waals surface area contributed by atoms with Gasteiger partial charge in [-0.2, -0.15) is 0 Å². The third kappa shape index (κ3) is 2.76. The van der Waals surface area contributed by atoms with Crippen molar-refractivity contribution >= 4 is 11.4 Å². The average molecular weight is 334 g/mol. The van der Waals surface area contributed by atoms with E-state index in [1.807, 2.05) is 25.5 Å². The number of aryl methyl sites for hydroxylation is 1. The van der Waals surface area contributed by atoms with Crippen molar-refractivity contribution in [1.82, 2.24) is 15.0 Å². The Morgan fingerprint density at radius 1 is 1.00 bits per heavy atom. The zero-order valence-corrected chi connectivity index (χ0v) is 14.5. The van der Waals surface area contributed by atoms with Crippen LogP contribution in [0.25, 0.3) is 11.3 Å². The standard InChI is InChI=1S/C20H19FN4/c1-13-22-9-16(10-23-13)25-12-20(2,3)17-11-24-18(8-19(17)25)14-4-6-15(21)7-5-14/h4-11H,12H2,1-3H3. The summed E-state index contributed by atoms with van der Waals surface area (Å²) in [5.41, 5.74) is 4.97. The molecule has 0 saturated carbocycles. The summed E-state index contributed by atoms with van der Waals surface area (Å²) in [5.74, 6) is 0.508. The highest BCUT2D eigenvalue weighted by Gasteiger charge is 2.36. The van der Waals surface area contributed by atoms with Gasteiger partial charge in [0.1, 0.15) is 11.6 Å². The molecule has 3 aromatic rings. The van der Waals surface area contributed by atoms with E-state index in [-0.39, 0.29) is 11.2 Å². The van der Waals surface area contributed by atoms with E-state index in [1.165, 1.54) is 17.7 Å². The van der Waals surface area contributed by atoms with Crippen LogP contribution in [0.3, 0.4) is 0 Å². The predicted octanol–water partition coefficient (Wildman–Crippen LogP) is 4.42. The quantitative estimate of drug-likeness (QED) is 0.696. The monoisotopic (exact) mass is 334 g/mol. The largest absolute Gasteiger partial charge is 0.338 e. The molecule has 1 aromatic carbocycles. The van der Waals surface area contributed by atoms with Gasteiger partial charge in [-0.1, -0.05) is 13.8 Å². The van der Waals surface area contributed by atoms with Gasteiger partial charge in [-0.25, -0.2) is 14.4 Å². The third-order valence-corrected chi connectivity index (χ3v) is 4.67. The highest BCUT2D eigenvalue weighted by Crippen LogP contribution is 2.44. The molecule has 0 atom stereocenters. The van der Waals surface area contributed by atoms with Crippen LogP contribution in [0, 0.1) is 12.7 Å². The summed E-state index contributed by atoms with van der Waals surface area (Å²) in [7, 11) is 0. The van der Waals surface area contributed by atoms with Gasteiger partial charge in [0.15, 0.2) is 0 Å². The first-order valence-corrected chi connectivity index (χ1v) is 8.27. The molecule has 4 rings (SSSR count). The van der Waals surface area contributed by atoms with Crippen molar-refractivity contribution in [2.75, 3.05) is 11.4 Å². The summed E-state index contributed by atoms with van der Waals surface area (Å²) in [4.78, 5) is 15.5. The molecule has 5 heteroatoms. The lowest BCUT2D eigenvalue weighted by atomic mass is 9.88. The van der Waals surface area contributed by atoms with Gasteiger partial charge in [0.25, 0.3) is 0 Å². The first-order chi connectivity index (χ1) is 11.9. The van der Waals surface area contributed by atoms with Crippen molar-refractivity contribution in [2.24, 2.45) is 0 Å². The molecule has 1 aliphatic rings. The second-order valence-corrected chi connectivity index (χ2v) is 7.05. The number of fused-ring (bicyclic) bond motifs is 1. The van der Waals surface area contributed by atoms with Crippen LogP contribution in [0.1, 0.15) is 25.2 Å². The number of nitrogens with zero attached hydrogens (tertiary/aromatic N) is 4. The lowest BCUT2D eigenvalue weighted by molar-refractivity contribution is 0.567. The Kier molecular flexibility index (Phi) is 3.53. The molecular formula is C20H19FN4. The predicted molar refractivity (Wildman–Crippen MR) is 96.4 cm³/mol. The van der Waals surface area contributed by atoms with Gasteiger partial charge in [0.05, 0.1) is 23.8 Å². The second-order valence-electron chi connectivity index (χ2n) is 7.05. The minimum absolute atomic E-state index is 0.0193. The average Bonchev–Trinajstić information content (AvgIpc) is 2.87. The van der Waals surface area contributed by atoms with Crippen LogP contribution in [-0.2, 0) is 5.41 Å². The highest BCUT2D eigenvalue weighted by atomic mass is 19.1. The Hall–Kier alpha value is -2.82. The molecule has 0 fully saturated rings. The van der Waals surface area contributed by atoms with Crippen LogP contribution < -0.4 is 4.90 Å². The van der Waals surface area contributed by atoms with E-state index in [1.54, 1.807) is 12.1 Å². The number of hydrogen-bond acceptors (Lipinski definition) is 4. The molecular weight excluding hydrogens is 315 g/mol. The maximum Gasteiger partial charge on any atom is 0.125 e. The number of aromatic nitrogens is 3. The zero-order valence-electron chi connectivity index (χ0n) is 14.5. The van der Waals surface area contributed by atoms with Gasteiger partial charge in [-0.3, -0.25) is 4.98 Å². The Balaban J connectivity index is 1.81. The first-order valence-electron chi connectivity index (χ1n) is 8.27. The molecule has 4 nitrogen and oxygen atoms in total. The van der Waals surface area contributed by atoms with Crippen LogP contribution in [0.15, 0.2) is 48.9 Å². The molecule has 1 aliphatic heterocycles. The number of benzene rings is 1. The maximum atomic E-state index is 13.2. The Morgan fingerprint density at radius 2 is 1.68 bits per heavy atom. The number of anilines is 2. The summed E-state index contributed by atoms with van der Waals surface area (Å²) in [6.07, 6.45) is 5.64. The van der Waals surface area contributed by atoms with E-state index in [0.717, 1.165) is 35.0 Å². The van der Waals surface area contributed by atoms with Gasteiger partial charge in [-0.05, 0) is 37.3 Å². The van der Waals surface area contributed by atoms with Crippen LogP contribution in [-0.4, -0.2) is 21.5 Å². The molecule has 3 heterocycles. The molecule has 0 N–H and O–H groups in total. The van der Waals surface area contributed by atoms with E-state index in [4.69, 9.17) is 0 Å². The smallest absolute Gasteiger partial charge is 0.125 e. The molecule has 0 amide bonds. The Labute approximate surface area is 146 Å². The molecule has 0 saturated heterocycles. The Morgan fingerprint density at radius 3 is 2.36 bits per heavy atom. The summed E-state index contributed by atoms with van der Waals surface area (Å²) in [6.45, 7) is 7.13. The minimum Gasteiger partial charge on any atom is -0.338 e. The second kappa shape index (κ2) is 5.62. The molecule has 0 spiro atoms. The van der Waals surface area contributed by atoms with Crippen molar-refractivity contribution < 1.29 is 4.39 Å². The van der Waals surface area contributed by atoms with E-state index in [2.05, 4.69) is 39.8 Å². The van der Waals surface area contributed by atoms with Gasteiger partial charge in [-0.15, -0.1) is 0 Å². The fourth-order valence-corrected chi connectivity index (χ4v) is 3.29. The highest BCUT2D eigenvalue weighted by molar-refractivity contribution is 5.75. The molecule has 126 valence electrons. The lowest BCUT2D eigenvalue weighted by Gasteiger charge is -2.21. The van der Waals surface area contributed by atoms with Crippen LogP contribution in [0.5, 0.6) is 0 Å². The van der Waals surface area contributed by atoms with Gasteiger partial charge in [0, 0.05) is 35.0 Å². The third-order valence-electron chi connectivity index (χ3n) is 4.67. The van der Waals surface area contributed by atoms with Gasteiger partial charge < -0.3 is 4.90 Å². The minimum atomic E-state index is -0.246. The normalized spacial score (nSPS) is 15.3. The number of pyridine rings is 1. The maximum absolute atomic E-state index is 13.2. The summed E-state index contributed by atoms with van der Waals surface area (Å²) < 4.78 is 13.2. The molecule has 0 aliphatic carbocycles. The molecule has 0 radical (unpaired) electrons. The Bertz CT molecular complexity index is 917. The van der Waals surface area contributed by atoms with Crippen LogP contribution in [0.2, 0.25) is 0 Å². The number of halogens is 1. The summed E-state index contributed by atoms with van der Waals surface area (Å²) >= 11 is 0. The first kappa shape index (κ1) is 15.7. The van der Waals surface area contributed by atoms with Crippen LogP contribution in [0.4, 0.5) is 15.8 Å². The molecule has 2 aromatic heterocycles.